The Balaban J connectivity index is 1.96. The summed E-state index contributed by atoms with van der Waals surface area (Å²) in [5, 5.41) is 13.5. The number of aryl methyl sites for hydroxylation is 2. The Hall–Kier alpha value is -2.17. The monoisotopic (exact) mass is 257 g/mol. The highest BCUT2D eigenvalue weighted by atomic mass is 16.4. The number of nitrogens with zero attached hydrogens (tertiary/aromatic N) is 3. The SMILES string of the molecule is Cc1ccccc1-c1nc2n(n1)CC(C(=O)O)CC2. The molecule has 2 aromatic rings. The molecule has 1 aliphatic heterocycles. The van der Waals surface area contributed by atoms with E-state index < -0.39 is 5.97 Å². The molecule has 5 nitrogen and oxygen atoms in total. The van der Waals surface area contributed by atoms with Crippen molar-refractivity contribution in [3.8, 4) is 11.4 Å². The van der Waals surface area contributed by atoms with Gasteiger partial charge in [-0.1, -0.05) is 24.3 Å². The number of carbonyl (C=O) groups is 1. The van der Waals surface area contributed by atoms with Gasteiger partial charge in [-0.25, -0.2) is 9.67 Å². The maximum Gasteiger partial charge on any atom is 0.308 e. The van der Waals surface area contributed by atoms with E-state index in [0.717, 1.165) is 17.0 Å². The van der Waals surface area contributed by atoms with Crippen LogP contribution in [0.15, 0.2) is 24.3 Å². The zero-order valence-corrected chi connectivity index (χ0v) is 10.7. The van der Waals surface area contributed by atoms with Crippen LogP contribution in [0.2, 0.25) is 0 Å². The maximum atomic E-state index is 11.0. The van der Waals surface area contributed by atoms with Crippen LogP contribution >= 0.6 is 0 Å². The van der Waals surface area contributed by atoms with Gasteiger partial charge in [-0.2, -0.15) is 5.10 Å². The van der Waals surface area contributed by atoms with Crippen molar-refractivity contribution in [3.63, 3.8) is 0 Å². The summed E-state index contributed by atoms with van der Waals surface area (Å²) >= 11 is 0. The first-order valence-electron chi connectivity index (χ1n) is 6.37. The average molecular weight is 257 g/mol. The molecule has 0 amide bonds. The third-order valence-corrected chi connectivity index (χ3v) is 3.59. The Kier molecular flexibility index (Phi) is 2.81. The zero-order chi connectivity index (χ0) is 13.4. The first kappa shape index (κ1) is 11.9. The van der Waals surface area contributed by atoms with Gasteiger partial charge in [0.15, 0.2) is 5.82 Å². The van der Waals surface area contributed by atoms with Crippen LogP contribution in [0.5, 0.6) is 0 Å². The number of benzene rings is 1. The molecule has 0 aliphatic carbocycles. The second-order valence-electron chi connectivity index (χ2n) is 4.92. The van der Waals surface area contributed by atoms with Gasteiger partial charge in [0.25, 0.3) is 0 Å². The van der Waals surface area contributed by atoms with Crippen molar-refractivity contribution in [2.24, 2.45) is 5.92 Å². The van der Waals surface area contributed by atoms with Crippen LogP contribution in [-0.4, -0.2) is 25.8 Å². The van der Waals surface area contributed by atoms with E-state index in [2.05, 4.69) is 10.1 Å². The largest absolute Gasteiger partial charge is 0.481 e. The summed E-state index contributed by atoms with van der Waals surface area (Å²) in [7, 11) is 0. The third-order valence-electron chi connectivity index (χ3n) is 3.59. The molecule has 1 unspecified atom stereocenters. The first-order valence-corrected chi connectivity index (χ1v) is 6.37. The van der Waals surface area contributed by atoms with Crippen LogP contribution in [0.4, 0.5) is 0 Å². The number of aliphatic carboxylic acids is 1. The van der Waals surface area contributed by atoms with Crippen molar-refractivity contribution in [1.82, 2.24) is 14.8 Å². The minimum Gasteiger partial charge on any atom is -0.481 e. The van der Waals surface area contributed by atoms with Crippen molar-refractivity contribution >= 4 is 5.97 Å². The number of hydrogen-bond acceptors (Lipinski definition) is 3. The summed E-state index contributed by atoms with van der Waals surface area (Å²) in [6.07, 6.45) is 1.32. The van der Waals surface area contributed by atoms with E-state index in [4.69, 9.17) is 5.11 Å². The van der Waals surface area contributed by atoms with E-state index >= 15 is 0 Å². The highest BCUT2D eigenvalue weighted by Gasteiger charge is 2.26. The van der Waals surface area contributed by atoms with Gasteiger partial charge in [0.2, 0.25) is 0 Å². The Morgan fingerprint density at radius 3 is 2.95 bits per heavy atom. The lowest BCUT2D eigenvalue weighted by Crippen LogP contribution is -2.27. The summed E-state index contributed by atoms with van der Waals surface area (Å²) < 4.78 is 1.74. The maximum absolute atomic E-state index is 11.0. The second kappa shape index (κ2) is 4.50. The van der Waals surface area contributed by atoms with Gasteiger partial charge in [0, 0.05) is 12.0 Å². The lowest BCUT2D eigenvalue weighted by molar-refractivity contribution is -0.142. The fourth-order valence-electron chi connectivity index (χ4n) is 2.45. The van der Waals surface area contributed by atoms with Gasteiger partial charge in [-0.05, 0) is 18.9 Å². The highest BCUT2D eigenvalue weighted by molar-refractivity contribution is 5.70. The molecule has 5 heteroatoms. The molecule has 0 bridgehead atoms. The van der Waals surface area contributed by atoms with Crippen molar-refractivity contribution in [2.45, 2.75) is 26.3 Å². The zero-order valence-electron chi connectivity index (χ0n) is 10.7. The Bertz CT molecular complexity index is 633. The summed E-state index contributed by atoms with van der Waals surface area (Å²) in [4.78, 5) is 15.6. The van der Waals surface area contributed by atoms with E-state index in [1.54, 1.807) is 4.68 Å². The van der Waals surface area contributed by atoms with E-state index in [9.17, 15) is 4.79 Å². The summed E-state index contributed by atoms with van der Waals surface area (Å²) in [5.41, 5.74) is 2.14. The molecule has 98 valence electrons. The number of fused-ring (bicyclic) bond motifs is 1. The number of carboxylic acids is 1. The molecule has 1 aromatic carbocycles. The topological polar surface area (TPSA) is 68.0 Å². The van der Waals surface area contributed by atoms with Gasteiger partial charge in [-0.15, -0.1) is 0 Å². The molecular weight excluding hydrogens is 242 g/mol. The molecule has 0 radical (unpaired) electrons. The molecular formula is C14H15N3O2. The number of hydrogen-bond donors (Lipinski definition) is 1. The standard InChI is InChI=1S/C14H15N3O2/c1-9-4-2-3-5-11(9)13-15-12-7-6-10(14(18)19)8-17(12)16-13/h2-5,10H,6-8H2,1H3,(H,18,19). The smallest absolute Gasteiger partial charge is 0.308 e. The number of rotatable bonds is 2. The number of aromatic nitrogens is 3. The molecule has 1 atom stereocenters. The van der Waals surface area contributed by atoms with E-state index in [0.29, 0.717) is 25.2 Å². The van der Waals surface area contributed by atoms with E-state index in [-0.39, 0.29) is 5.92 Å². The van der Waals surface area contributed by atoms with Crippen LogP contribution in [-0.2, 0) is 17.8 Å². The molecule has 0 spiro atoms. The molecule has 1 aliphatic rings. The molecule has 1 N–H and O–H groups in total. The minimum atomic E-state index is -0.751. The highest BCUT2D eigenvalue weighted by Crippen LogP contribution is 2.24. The van der Waals surface area contributed by atoms with Gasteiger partial charge in [0.1, 0.15) is 5.82 Å². The van der Waals surface area contributed by atoms with Crippen LogP contribution < -0.4 is 0 Å². The van der Waals surface area contributed by atoms with Crippen LogP contribution in [0, 0.1) is 12.8 Å². The van der Waals surface area contributed by atoms with Gasteiger partial charge >= 0.3 is 5.97 Å². The lowest BCUT2D eigenvalue weighted by Gasteiger charge is -2.18. The fraction of sp³-hybridized carbons (Fsp3) is 0.357. The van der Waals surface area contributed by atoms with Crippen LogP contribution in [0.25, 0.3) is 11.4 Å². The predicted molar refractivity (Wildman–Crippen MR) is 69.6 cm³/mol. The third kappa shape index (κ3) is 2.12. The molecule has 3 rings (SSSR count). The van der Waals surface area contributed by atoms with E-state index in [1.165, 1.54) is 0 Å². The molecule has 1 aromatic heterocycles. The van der Waals surface area contributed by atoms with Crippen molar-refractivity contribution in [2.75, 3.05) is 0 Å². The average Bonchev–Trinajstić information content (AvgIpc) is 2.81. The van der Waals surface area contributed by atoms with Crippen LogP contribution in [0.1, 0.15) is 17.8 Å². The quantitative estimate of drug-likeness (QED) is 0.892. The summed E-state index contributed by atoms with van der Waals surface area (Å²) in [6.45, 7) is 2.44. The van der Waals surface area contributed by atoms with Gasteiger partial charge < -0.3 is 5.11 Å². The normalized spacial score (nSPS) is 18.1. The van der Waals surface area contributed by atoms with Gasteiger partial charge in [0.05, 0.1) is 12.5 Å². The summed E-state index contributed by atoms with van der Waals surface area (Å²) in [5.74, 6) is 0.479. The molecule has 0 saturated carbocycles. The van der Waals surface area contributed by atoms with Gasteiger partial charge in [-0.3, -0.25) is 4.79 Å². The Labute approximate surface area is 110 Å². The van der Waals surface area contributed by atoms with Crippen LogP contribution in [0.3, 0.4) is 0 Å². The minimum absolute atomic E-state index is 0.348. The molecule has 0 fully saturated rings. The van der Waals surface area contributed by atoms with Crippen molar-refractivity contribution in [1.29, 1.82) is 0 Å². The van der Waals surface area contributed by atoms with Crippen molar-refractivity contribution in [3.05, 3.63) is 35.7 Å². The molecule has 2 heterocycles. The predicted octanol–water partition coefficient (Wildman–Crippen LogP) is 1.90. The molecule has 19 heavy (non-hydrogen) atoms. The Morgan fingerprint density at radius 1 is 1.42 bits per heavy atom. The van der Waals surface area contributed by atoms with Crippen molar-refractivity contribution < 1.29 is 9.90 Å². The Morgan fingerprint density at radius 2 is 2.21 bits per heavy atom. The first-order chi connectivity index (χ1) is 9.15. The summed E-state index contributed by atoms with van der Waals surface area (Å²) in [6, 6.07) is 7.96. The van der Waals surface area contributed by atoms with E-state index in [1.807, 2.05) is 31.2 Å². The molecule has 0 saturated heterocycles. The fourth-order valence-corrected chi connectivity index (χ4v) is 2.45. The number of carboxylic acid groups (broad SMARTS) is 1. The lowest BCUT2D eigenvalue weighted by atomic mass is 10.0. The second-order valence-corrected chi connectivity index (χ2v) is 4.92.